The zero-order valence-electron chi connectivity index (χ0n) is 16.5. The Morgan fingerprint density at radius 2 is 2.00 bits per heavy atom. The van der Waals surface area contributed by atoms with Crippen LogP contribution in [-0.2, 0) is 11.3 Å². The van der Waals surface area contributed by atoms with E-state index in [9.17, 15) is 0 Å². The molecule has 26 heavy (non-hydrogen) atoms. The molecule has 6 nitrogen and oxygen atoms in total. The number of rotatable bonds is 7. The van der Waals surface area contributed by atoms with Crippen LogP contribution in [-0.4, -0.2) is 50.3 Å². The standard InChI is InChI=1S/C19H33N5O.HI/c1-15(2)7-8-16(3)23-19(20-4)22-14-17-6-5-9-21-18(17)24-10-12-25-13-11-24;/h5-6,9,15-16H,7-8,10-14H2,1-4H3,(H2,20,22,23);1H. The van der Waals surface area contributed by atoms with Gasteiger partial charge in [-0.15, -0.1) is 24.0 Å². The molecule has 1 aromatic rings. The number of anilines is 1. The first-order chi connectivity index (χ1) is 12.1. The molecule has 0 aromatic carbocycles. The Labute approximate surface area is 175 Å². The maximum absolute atomic E-state index is 5.45. The van der Waals surface area contributed by atoms with Crippen LogP contribution in [0.15, 0.2) is 23.3 Å². The third-order valence-electron chi connectivity index (χ3n) is 4.41. The summed E-state index contributed by atoms with van der Waals surface area (Å²) >= 11 is 0. The number of guanidine groups is 1. The van der Waals surface area contributed by atoms with E-state index in [0.29, 0.717) is 12.6 Å². The molecule has 1 aromatic heterocycles. The summed E-state index contributed by atoms with van der Waals surface area (Å²) in [5.41, 5.74) is 1.18. The summed E-state index contributed by atoms with van der Waals surface area (Å²) in [6.45, 7) is 10.7. The molecule has 0 bridgehead atoms. The number of aliphatic imine (C=N–C) groups is 1. The van der Waals surface area contributed by atoms with E-state index in [4.69, 9.17) is 4.74 Å². The molecule has 0 aliphatic carbocycles. The van der Waals surface area contributed by atoms with Crippen molar-refractivity contribution in [3.05, 3.63) is 23.9 Å². The number of hydrogen-bond acceptors (Lipinski definition) is 4. The second-order valence-electron chi connectivity index (χ2n) is 7.03. The lowest BCUT2D eigenvalue weighted by Gasteiger charge is -2.29. The van der Waals surface area contributed by atoms with E-state index in [1.807, 2.05) is 19.3 Å². The minimum Gasteiger partial charge on any atom is -0.378 e. The molecule has 0 radical (unpaired) electrons. The van der Waals surface area contributed by atoms with Crippen molar-refractivity contribution in [2.75, 3.05) is 38.3 Å². The number of halogens is 1. The third-order valence-corrected chi connectivity index (χ3v) is 4.41. The summed E-state index contributed by atoms with van der Waals surface area (Å²) in [5, 5.41) is 6.90. The maximum Gasteiger partial charge on any atom is 0.191 e. The number of hydrogen-bond donors (Lipinski definition) is 2. The van der Waals surface area contributed by atoms with Crippen molar-refractivity contribution in [2.45, 2.75) is 46.2 Å². The van der Waals surface area contributed by atoms with Crippen LogP contribution in [0.5, 0.6) is 0 Å². The Hall–Kier alpha value is -1.09. The highest BCUT2D eigenvalue weighted by Gasteiger charge is 2.16. The van der Waals surface area contributed by atoms with E-state index in [1.54, 1.807) is 0 Å². The van der Waals surface area contributed by atoms with Crippen molar-refractivity contribution in [2.24, 2.45) is 10.9 Å². The van der Waals surface area contributed by atoms with E-state index in [-0.39, 0.29) is 24.0 Å². The van der Waals surface area contributed by atoms with Crippen LogP contribution >= 0.6 is 24.0 Å². The summed E-state index contributed by atoms with van der Waals surface area (Å²) in [4.78, 5) is 11.2. The maximum atomic E-state index is 5.45. The van der Waals surface area contributed by atoms with Crippen molar-refractivity contribution < 1.29 is 4.74 Å². The van der Waals surface area contributed by atoms with Gasteiger partial charge in [-0.25, -0.2) is 4.98 Å². The third kappa shape index (κ3) is 7.65. The summed E-state index contributed by atoms with van der Waals surface area (Å²) in [7, 11) is 1.82. The Bertz CT molecular complexity index is 546. The smallest absolute Gasteiger partial charge is 0.191 e. The number of nitrogens with one attached hydrogen (secondary N) is 2. The molecule has 0 amide bonds. The summed E-state index contributed by atoms with van der Waals surface area (Å²) in [5.74, 6) is 2.61. The molecular weight excluding hydrogens is 441 g/mol. The molecule has 148 valence electrons. The first-order valence-corrected chi connectivity index (χ1v) is 9.34. The Kier molecular flexibility index (Phi) is 10.9. The number of morpholine rings is 1. The molecule has 1 unspecified atom stereocenters. The first kappa shape index (κ1) is 23.0. The molecule has 1 fully saturated rings. The van der Waals surface area contributed by atoms with Gasteiger partial charge in [0.1, 0.15) is 5.82 Å². The van der Waals surface area contributed by atoms with Crippen molar-refractivity contribution in [3.63, 3.8) is 0 Å². The van der Waals surface area contributed by atoms with Crippen LogP contribution in [0.4, 0.5) is 5.82 Å². The van der Waals surface area contributed by atoms with E-state index in [2.05, 4.69) is 52.3 Å². The van der Waals surface area contributed by atoms with Crippen LogP contribution in [0.3, 0.4) is 0 Å². The van der Waals surface area contributed by atoms with Gasteiger partial charge in [-0.1, -0.05) is 19.9 Å². The molecular formula is C19H34IN5O. The van der Waals surface area contributed by atoms with Gasteiger partial charge in [0, 0.05) is 44.5 Å². The molecule has 0 saturated carbocycles. The van der Waals surface area contributed by atoms with Gasteiger partial charge in [0.05, 0.1) is 13.2 Å². The average Bonchev–Trinajstić information content (AvgIpc) is 2.64. The average molecular weight is 475 g/mol. The normalized spacial score (nSPS) is 16.2. The molecule has 1 atom stereocenters. The van der Waals surface area contributed by atoms with Crippen molar-refractivity contribution >= 4 is 35.8 Å². The molecule has 2 heterocycles. The number of nitrogens with zero attached hydrogens (tertiary/aromatic N) is 3. The predicted molar refractivity (Wildman–Crippen MR) is 120 cm³/mol. The van der Waals surface area contributed by atoms with Crippen molar-refractivity contribution in [1.82, 2.24) is 15.6 Å². The predicted octanol–water partition coefficient (Wildman–Crippen LogP) is 3.03. The van der Waals surface area contributed by atoms with Crippen molar-refractivity contribution in [1.29, 1.82) is 0 Å². The van der Waals surface area contributed by atoms with Crippen LogP contribution in [0.25, 0.3) is 0 Å². The van der Waals surface area contributed by atoms with Gasteiger partial charge in [-0.2, -0.15) is 0 Å². The number of aromatic nitrogens is 1. The summed E-state index contributed by atoms with van der Waals surface area (Å²) in [6, 6.07) is 4.52. The van der Waals surface area contributed by atoms with E-state index < -0.39 is 0 Å². The van der Waals surface area contributed by atoms with Gasteiger partial charge in [0.2, 0.25) is 0 Å². The largest absolute Gasteiger partial charge is 0.378 e. The van der Waals surface area contributed by atoms with Crippen LogP contribution in [0.1, 0.15) is 39.2 Å². The summed E-state index contributed by atoms with van der Waals surface area (Å²) in [6.07, 6.45) is 4.22. The van der Waals surface area contributed by atoms with Gasteiger partial charge >= 0.3 is 0 Å². The van der Waals surface area contributed by atoms with Crippen LogP contribution in [0, 0.1) is 5.92 Å². The van der Waals surface area contributed by atoms with Gasteiger partial charge in [0.15, 0.2) is 5.96 Å². The Morgan fingerprint density at radius 3 is 2.65 bits per heavy atom. The topological polar surface area (TPSA) is 61.8 Å². The number of pyridine rings is 1. The highest BCUT2D eigenvalue weighted by molar-refractivity contribution is 14.0. The molecule has 0 spiro atoms. The molecule has 1 aliphatic heterocycles. The minimum atomic E-state index is 0. The lowest BCUT2D eigenvalue weighted by atomic mass is 10.0. The van der Waals surface area contributed by atoms with Crippen molar-refractivity contribution in [3.8, 4) is 0 Å². The molecule has 1 saturated heterocycles. The second-order valence-corrected chi connectivity index (χ2v) is 7.03. The fourth-order valence-corrected chi connectivity index (χ4v) is 2.89. The van der Waals surface area contributed by atoms with Gasteiger partial charge < -0.3 is 20.3 Å². The van der Waals surface area contributed by atoms with Gasteiger partial charge in [0.25, 0.3) is 0 Å². The quantitative estimate of drug-likeness (QED) is 0.361. The van der Waals surface area contributed by atoms with Gasteiger partial charge in [-0.05, 0) is 31.7 Å². The van der Waals surface area contributed by atoms with Crippen LogP contribution in [0.2, 0.25) is 0 Å². The lowest BCUT2D eigenvalue weighted by Crippen LogP contribution is -2.42. The first-order valence-electron chi connectivity index (χ1n) is 9.34. The molecule has 7 heteroatoms. The lowest BCUT2D eigenvalue weighted by molar-refractivity contribution is 0.122. The van der Waals surface area contributed by atoms with Crippen LogP contribution < -0.4 is 15.5 Å². The Balaban J connectivity index is 0.00000338. The highest BCUT2D eigenvalue weighted by Crippen LogP contribution is 2.18. The minimum absolute atomic E-state index is 0. The van der Waals surface area contributed by atoms with E-state index >= 15 is 0 Å². The van der Waals surface area contributed by atoms with Gasteiger partial charge in [-0.3, -0.25) is 4.99 Å². The fraction of sp³-hybridized carbons (Fsp3) is 0.684. The highest BCUT2D eigenvalue weighted by atomic mass is 127. The van der Waals surface area contributed by atoms with E-state index in [0.717, 1.165) is 50.4 Å². The monoisotopic (exact) mass is 475 g/mol. The zero-order chi connectivity index (χ0) is 18.1. The zero-order valence-corrected chi connectivity index (χ0v) is 18.8. The molecule has 1 aliphatic rings. The fourth-order valence-electron chi connectivity index (χ4n) is 2.89. The Morgan fingerprint density at radius 1 is 1.27 bits per heavy atom. The number of ether oxygens (including phenoxy) is 1. The van der Waals surface area contributed by atoms with E-state index in [1.165, 1.54) is 12.0 Å². The second kappa shape index (κ2) is 12.3. The summed E-state index contributed by atoms with van der Waals surface area (Å²) < 4.78 is 5.45. The SMILES string of the molecule is CN=C(NCc1cccnc1N1CCOCC1)NC(C)CCC(C)C.I. The molecule has 2 rings (SSSR count). The molecule has 2 N–H and O–H groups in total.